The van der Waals surface area contributed by atoms with Gasteiger partial charge in [-0.15, -0.1) is 0 Å². The Labute approximate surface area is 164 Å². The molecule has 0 aliphatic heterocycles. The fourth-order valence-electron chi connectivity index (χ4n) is 3.68. The third-order valence-corrected chi connectivity index (χ3v) is 13.5. The average molecular weight is 467 g/mol. The van der Waals surface area contributed by atoms with Crippen molar-refractivity contribution < 1.29 is 0 Å². The van der Waals surface area contributed by atoms with Crippen LogP contribution in [0, 0.1) is 13.8 Å². The third-order valence-electron chi connectivity index (χ3n) is 5.05. The zero-order chi connectivity index (χ0) is 19.3. The fraction of sp³-hybridized carbons (Fsp3) is 0.348. The van der Waals surface area contributed by atoms with Crippen LogP contribution < -0.4 is 8.79 Å². The maximum atomic E-state index is 4.85. The van der Waals surface area contributed by atoms with Gasteiger partial charge in [-0.1, -0.05) is 0 Å². The first-order valence-electron chi connectivity index (χ1n) is 9.49. The standard InChI is InChI=1S/C23H31Ge2N/c1-16-11-17(2)13-18(12-16)23-21-14-19(24(3,4)5)15-22(25(6,7)8)20(21)9-10-26-23/h9-15H,1-8H3. The minimum atomic E-state index is -2.00. The average Bonchev–Trinajstić information content (AvgIpc) is 2.50. The van der Waals surface area contributed by atoms with Gasteiger partial charge in [0.05, 0.1) is 0 Å². The summed E-state index contributed by atoms with van der Waals surface area (Å²) in [6, 6.07) is 14.1. The monoisotopic (exact) mass is 469 g/mol. The van der Waals surface area contributed by atoms with Crippen molar-refractivity contribution in [1.82, 2.24) is 4.98 Å². The van der Waals surface area contributed by atoms with Crippen LogP contribution in [0.5, 0.6) is 0 Å². The Morgan fingerprint density at radius 2 is 1.31 bits per heavy atom. The number of hydrogen-bond acceptors (Lipinski definition) is 1. The van der Waals surface area contributed by atoms with Gasteiger partial charge in [-0.3, -0.25) is 0 Å². The molecule has 1 nitrogen and oxygen atoms in total. The van der Waals surface area contributed by atoms with Gasteiger partial charge >= 0.3 is 164 Å². The number of benzene rings is 2. The fourth-order valence-corrected chi connectivity index (χ4v) is 10.1. The van der Waals surface area contributed by atoms with Crippen LogP contribution in [0.15, 0.2) is 42.6 Å². The summed E-state index contributed by atoms with van der Waals surface area (Å²) in [6.07, 6.45) is 2.00. The molecule has 0 aliphatic rings. The van der Waals surface area contributed by atoms with Gasteiger partial charge in [0.15, 0.2) is 0 Å². The van der Waals surface area contributed by atoms with E-state index in [0.717, 1.165) is 5.69 Å². The number of nitrogens with zero attached hydrogens (tertiary/aromatic N) is 1. The summed E-state index contributed by atoms with van der Waals surface area (Å²) < 4.78 is 3.23. The van der Waals surface area contributed by atoms with Crippen molar-refractivity contribution in [1.29, 1.82) is 0 Å². The number of aryl methyl sites for hydroxylation is 2. The van der Waals surface area contributed by atoms with Crippen LogP contribution in [0.1, 0.15) is 11.1 Å². The van der Waals surface area contributed by atoms with Gasteiger partial charge in [0.2, 0.25) is 0 Å². The normalized spacial score (nSPS) is 12.6. The molecule has 0 radical (unpaired) electrons. The van der Waals surface area contributed by atoms with E-state index in [4.69, 9.17) is 4.98 Å². The van der Waals surface area contributed by atoms with Crippen LogP contribution in [-0.2, 0) is 0 Å². The van der Waals surface area contributed by atoms with E-state index in [1.165, 1.54) is 27.5 Å². The molecule has 0 aliphatic carbocycles. The molecule has 0 saturated carbocycles. The molecule has 0 fully saturated rings. The first-order valence-corrected chi connectivity index (χ1v) is 24.2. The Hall–Kier alpha value is -1.06. The van der Waals surface area contributed by atoms with Crippen molar-refractivity contribution in [2.24, 2.45) is 0 Å². The van der Waals surface area contributed by atoms with Crippen LogP contribution >= 0.6 is 0 Å². The van der Waals surface area contributed by atoms with Gasteiger partial charge in [-0.05, 0) is 0 Å². The molecular weight excluding hydrogens is 435 g/mol. The first kappa shape index (κ1) is 19.7. The molecule has 3 rings (SSSR count). The number of fused-ring (bicyclic) bond motifs is 1. The van der Waals surface area contributed by atoms with Gasteiger partial charge in [0.1, 0.15) is 0 Å². The van der Waals surface area contributed by atoms with Crippen LogP contribution in [-0.4, -0.2) is 31.5 Å². The van der Waals surface area contributed by atoms with Gasteiger partial charge in [0, 0.05) is 0 Å². The molecule has 0 spiro atoms. The Morgan fingerprint density at radius 1 is 0.692 bits per heavy atom. The Kier molecular flexibility index (Phi) is 5.17. The molecule has 1 heterocycles. The third kappa shape index (κ3) is 3.94. The van der Waals surface area contributed by atoms with Crippen molar-refractivity contribution in [2.75, 3.05) is 0 Å². The maximum absolute atomic E-state index is 4.85. The molecule has 0 saturated heterocycles. The second kappa shape index (κ2) is 6.83. The molecule has 1 aromatic heterocycles. The summed E-state index contributed by atoms with van der Waals surface area (Å²) in [6.45, 7) is 4.35. The Morgan fingerprint density at radius 3 is 1.85 bits per heavy atom. The predicted molar refractivity (Wildman–Crippen MR) is 123 cm³/mol. The molecule has 0 bridgehead atoms. The molecule has 2 aromatic carbocycles. The Bertz CT molecular complexity index is 956. The number of hydrogen-bond donors (Lipinski definition) is 0. The van der Waals surface area contributed by atoms with E-state index in [1.54, 1.807) is 8.79 Å². The van der Waals surface area contributed by atoms with Crippen LogP contribution in [0.25, 0.3) is 22.0 Å². The van der Waals surface area contributed by atoms with Crippen molar-refractivity contribution in [3.63, 3.8) is 0 Å². The van der Waals surface area contributed by atoms with Gasteiger partial charge in [-0.25, -0.2) is 0 Å². The number of rotatable bonds is 3. The zero-order valence-electron chi connectivity index (χ0n) is 17.5. The molecule has 0 N–H and O–H groups in total. The molecule has 0 atom stereocenters. The SMILES string of the molecule is Cc1cc(C)cc(-c2nccc3[c]([Ge]([CH3])([CH3])[CH3])c[c]([Ge]([CH3])([CH3])[CH3])cc23)c1. The van der Waals surface area contributed by atoms with Crippen LogP contribution in [0.4, 0.5) is 0 Å². The van der Waals surface area contributed by atoms with E-state index >= 15 is 0 Å². The topological polar surface area (TPSA) is 12.9 Å². The molecule has 0 amide bonds. The summed E-state index contributed by atoms with van der Waals surface area (Å²) >= 11 is -3.94. The summed E-state index contributed by atoms with van der Waals surface area (Å²) in [5.41, 5.74) is 5.00. The summed E-state index contributed by atoms with van der Waals surface area (Å²) in [5, 5.41) is 2.78. The molecular formula is C23H31Ge2N. The minimum absolute atomic E-state index is 1.15. The van der Waals surface area contributed by atoms with E-state index in [1.807, 2.05) is 6.20 Å². The van der Waals surface area contributed by atoms with E-state index in [9.17, 15) is 0 Å². The molecule has 3 heteroatoms. The molecule has 26 heavy (non-hydrogen) atoms. The van der Waals surface area contributed by atoms with Crippen molar-refractivity contribution >= 4 is 46.1 Å². The second-order valence-corrected chi connectivity index (χ2v) is 30.9. The van der Waals surface area contributed by atoms with E-state index in [-0.39, 0.29) is 0 Å². The summed E-state index contributed by atoms with van der Waals surface area (Å²) in [4.78, 5) is 4.85. The van der Waals surface area contributed by atoms with Gasteiger partial charge in [-0.2, -0.15) is 0 Å². The van der Waals surface area contributed by atoms with Crippen LogP contribution in [0.3, 0.4) is 0 Å². The van der Waals surface area contributed by atoms with Gasteiger partial charge in [0.25, 0.3) is 0 Å². The number of pyridine rings is 1. The Balaban J connectivity index is 2.42. The van der Waals surface area contributed by atoms with E-state index in [2.05, 4.69) is 84.8 Å². The van der Waals surface area contributed by atoms with E-state index < -0.39 is 26.5 Å². The molecule has 0 unspecified atom stereocenters. The van der Waals surface area contributed by atoms with Crippen molar-refractivity contribution in [2.45, 2.75) is 48.4 Å². The first-order chi connectivity index (χ1) is 12.0. The number of aromatic nitrogens is 1. The summed E-state index contributed by atoms with van der Waals surface area (Å²) in [5.74, 6) is 15.0. The van der Waals surface area contributed by atoms with E-state index in [0.29, 0.717) is 0 Å². The molecule has 3 aromatic rings. The quantitative estimate of drug-likeness (QED) is 0.457. The summed E-state index contributed by atoms with van der Waals surface area (Å²) in [7, 11) is 0. The van der Waals surface area contributed by atoms with Gasteiger partial charge < -0.3 is 0 Å². The van der Waals surface area contributed by atoms with Crippen LogP contribution in [0.2, 0.25) is 34.5 Å². The molecule has 136 valence electrons. The predicted octanol–water partition coefficient (Wildman–Crippen LogP) is 5.61. The second-order valence-electron chi connectivity index (χ2n) is 9.65. The zero-order valence-corrected chi connectivity index (χ0v) is 21.7. The van der Waals surface area contributed by atoms with Crippen molar-refractivity contribution in [3.8, 4) is 11.3 Å². The van der Waals surface area contributed by atoms with Crippen molar-refractivity contribution in [3.05, 3.63) is 53.7 Å².